The van der Waals surface area contributed by atoms with Gasteiger partial charge in [-0.25, -0.2) is 0 Å². The zero-order chi connectivity index (χ0) is 17.8. The first-order valence-electron chi connectivity index (χ1n) is 7.89. The first-order valence-corrected chi connectivity index (χ1v) is 9.15. The fourth-order valence-corrected chi connectivity index (χ4v) is 3.57. The highest BCUT2D eigenvalue weighted by Crippen LogP contribution is 2.25. The highest BCUT2D eigenvalue weighted by atomic mass is 35.5. The Balaban J connectivity index is 1.67. The molecular formula is C17H18ClN5OS. The van der Waals surface area contributed by atoms with Crippen LogP contribution in [0.25, 0.3) is 11.4 Å². The van der Waals surface area contributed by atoms with Crippen LogP contribution in [0.1, 0.15) is 24.8 Å². The summed E-state index contributed by atoms with van der Waals surface area (Å²) >= 11 is 7.61. The minimum atomic E-state index is -0.151. The Morgan fingerprint density at radius 1 is 1.32 bits per heavy atom. The summed E-state index contributed by atoms with van der Waals surface area (Å²) in [7, 11) is 0. The number of amides is 1. The second kappa shape index (κ2) is 7.76. The third-order valence-electron chi connectivity index (χ3n) is 3.65. The van der Waals surface area contributed by atoms with Gasteiger partial charge in [0.15, 0.2) is 0 Å². The molecule has 0 unspecified atom stereocenters. The zero-order valence-corrected chi connectivity index (χ0v) is 15.5. The van der Waals surface area contributed by atoms with Crippen LogP contribution < -0.4 is 5.32 Å². The Labute approximate surface area is 154 Å². The lowest BCUT2D eigenvalue weighted by Gasteiger charge is -2.21. The lowest BCUT2D eigenvalue weighted by atomic mass is 10.0. The van der Waals surface area contributed by atoms with E-state index in [0.29, 0.717) is 10.8 Å². The van der Waals surface area contributed by atoms with Crippen LogP contribution in [0.2, 0.25) is 5.02 Å². The van der Waals surface area contributed by atoms with Gasteiger partial charge in [0.05, 0.1) is 6.04 Å². The quantitative estimate of drug-likeness (QED) is 0.714. The fourth-order valence-electron chi connectivity index (χ4n) is 2.44. The largest absolute Gasteiger partial charge is 0.347 e. The Morgan fingerprint density at radius 3 is 2.84 bits per heavy atom. The standard InChI is InChI=1S/C17H18ClN5OS/c1-11(2)16(14-7-4-8-25-14)19-15(24)10-23-21-17(20-22-23)12-5-3-6-13(18)9-12/h3-9,11,16H,10H2,1-2H3,(H,19,24)/t16-/m0/s1. The van der Waals surface area contributed by atoms with E-state index in [0.717, 1.165) is 10.4 Å². The van der Waals surface area contributed by atoms with E-state index in [1.54, 1.807) is 23.5 Å². The smallest absolute Gasteiger partial charge is 0.244 e. The van der Waals surface area contributed by atoms with Crippen molar-refractivity contribution >= 4 is 28.8 Å². The van der Waals surface area contributed by atoms with E-state index in [4.69, 9.17) is 11.6 Å². The number of halogens is 1. The molecule has 130 valence electrons. The van der Waals surface area contributed by atoms with Crippen LogP contribution in [-0.2, 0) is 11.3 Å². The van der Waals surface area contributed by atoms with Crippen LogP contribution in [0.4, 0.5) is 0 Å². The van der Waals surface area contributed by atoms with Gasteiger partial charge in [0.2, 0.25) is 11.7 Å². The van der Waals surface area contributed by atoms with Gasteiger partial charge in [-0.1, -0.05) is 43.6 Å². The van der Waals surface area contributed by atoms with Crippen LogP contribution in [0.5, 0.6) is 0 Å². The maximum absolute atomic E-state index is 12.4. The molecule has 0 fully saturated rings. The second-order valence-corrected chi connectivity index (χ2v) is 7.37. The van der Waals surface area contributed by atoms with E-state index < -0.39 is 0 Å². The molecule has 3 aromatic rings. The minimum Gasteiger partial charge on any atom is -0.347 e. The molecule has 0 aliphatic rings. The third kappa shape index (κ3) is 4.43. The summed E-state index contributed by atoms with van der Waals surface area (Å²) in [5.41, 5.74) is 0.762. The van der Waals surface area contributed by atoms with Gasteiger partial charge in [0.1, 0.15) is 6.54 Å². The predicted molar refractivity (Wildman–Crippen MR) is 98.3 cm³/mol. The molecule has 1 N–H and O–H groups in total. The number of thiophene rings is 1. The van der Waals surface area contributed by atoms with Crippen molar-refractivity contribution in [3.05, 3.63) is 51.7 Å². The molecule has 2 aromatic heterocycles. The monoisotopic (exact) mass is 375 g/mol. The van der Waals surface area contributed by atoms with Crippen LogP contribution in [0, 0.1) is 5.92 Å². The summed E-state index contributed by atoms with van der Waals surface area (Å²) in [4.78, 5) is 14.8. The number of carbonyl (C=O) groups is 1. The van der Waals surface area contributed by atoms with Crippen LogP contribution in [-0.4, -0.2) is 26.1 Å². The molecule has 0 saturated carbocycles. The van der Waals surface area contributed by atoms with Gasteiger partial charge >= 0.3 is 0 Å². The maximum atomic E-state index is 12.4. The summed E-state index contributed by atoms with van der Waals surface area (Å²) in [6.07, 6.45) is 0. The van der Waals surface area contributed by atoms with Gasteiger partial charge in [0.25, 0.3) is 0 Å². The van der Waals surface area contributed by atoms with Gasteiger partial charge < -0.3 is 5.32 Å². The molecule has 3 rings (SSSR count). The van der Waals surface area contributed by atoms with E-state index in [-0.39, 0.29) is 24.4 Å². The molecule has 0 saturated heterocycles. The SMILES string of the molecule is CC(C)[C@H](NC(=O)Cn1nnc(-c2cccc(Cl)c2)n1)c1cccs1. The Hall–Kier alpha value is -2.25. The summed E-state index contributed by atoms with van der Waals surface area (Å²) < 4.78 is 0. The molecule has 0 aliphatic carbocycles. The van der Waals surface area contributed by atoms with Gasteiger partial charge in [-0.15, -0.1) is 21.5 Å². The molecule has 0 spiro atoms. The second-order valence-electron chi connectivity index (χ2n) is 5.96. The number of nitrogens with one attached hydrogen (secondary N) is 1. The molecule has 25 heavy (non-hydrogen) atoms. The van der Waals surface area contributed by atoms with Crippen molar-refractivity contribution in [2.75, 3.05) is 0 Å². The van der Waals surface area contributed by atoms with Gasteiger partial charge in [0, 0.05) is 15.5 Å². The van der Waals surface area contributed by atoms with Crippen LogP contribution in [0.3, 0.4) is 0 Å². The Morgan fingerprint density at radius 2 is 2.16 bits per heavy atom. The summed E-state index contributed by atoms with van der Waals surface area (Å²) in [5, 5.41) is 17.8. The fraction of sp³-hybridized carbons (Fsp3) is 0.294. The van der Waals surface area contributed by atoms with Gasteiger partial charge in [-0.2, -0.15) is 4.80 Å². The number of rotatable bonds is 6. The minimum absolute atomic E-state index is 0.0160. The number of hydrogen-bond acceptors (Lipinski definition) is 5. The van der Waals surface area contributed by atoms with Crippen LogP contribution in [0.15, 0.2) is 41.8 Å². The van der Waals surface area contributed by atoms with Crippen molar-refractivity contribution in [2.45, 2.75) is 26.4 Å². The Kier molecular flexibility index (Phi) is 5.45. The molecule has 8 heteroatoms. The van der Waals surface area contributed by atoms with E-state index in [9.17, 15) is 4.79 Å². The van der Waals surface area contributed by atoms with Crippen molar-refractivity contribution in [2.24, 2.45) is 5.92 Å². The van der Waals surface area contributed by atoms with E-state index in [2.05, 4.69) is 34.6 Å². The average Bonchev–Trinajstić information content (AvgIpc) is 3.24. The molecular weight excluding hydrogens is 358 g/mol. The number of nitrogens with zero attached hydrogens (tertiary/aromatic N) is 4. The number of hydrogen-bond donors (Lipinski definition) is 1. The molecule has 1 amide bonds. The molecule has 1 atom stereocenters. The van der Waals surface area contributed by atoms with Crippen molar-refractivity contribution in [3.63, 3.8) is 0 Å². The Bertz CT molecular complexity index is 846. The van der Waals surface area contributed by atoms with E-state index in [1.165, 1.54) is 4.80 Å². The topological polar surface area (TPSA) is 72.7 Å². The number of carbonyl (C=O) groups excluding carboxylic acids is 1. The zero-order valence-electron chi connectivity index (χ0n) is 13.9. The summed E-state index contributed by atoms with van der Waals surface area (Å²) in [6, 6.07) is 11.2. The lowest BCUT2D eigenvalue weighted by Crippen LogP contribution is -2.34. The van der Waals surface area contributed by atoms with Gasteiger partial charge in [-0.05, 0) is 34.7 Å². The molecule has 0 radical (unpaired) electrons. The maximum Gasteiger partial charge on any atom is 0.244 e. The summed E-state index contributed by atoms with van der Waals surface area (Å²) in [5.74, 6) is 0.574. The van der Waals surface area contributed by atoms with Crippen LogP contribution >= 0.6 is 22.9 Å². The number of benzene rings is 1. The van der Waals surface area contributed by atoms with Crippen molar-refractivity contribution in [1.29, 1.82) is 0 Å². The highest BCUT2D eigenvalue weighted by molar-refractivity contribution is 7.10. The first kappa shape index (κ1) is 17.6. The van der Waals surface area contributed by atoms with Crippen molar-refractivity contribution < 1.29 is 4.79 Å². The molecule has 0 bridgehead atoms. The normalized spacial score (nSPS) is 12.3. The summed E-state index contributed by atoms with van der Waals surface area (Å²) in [6.45, 7) is 4.17. The molecule has 1 aromatic carbocycles. The average molecular weight is 376 g/mol. The lowest BCUT2D eigenvalue weighted by molar-refractivity contribution is -0.123. The van der Waals surface area contributed by atoms with Crippen molar-refractivity contribution in [1.82, 2.24) is 25.5 Å². The van der Waals surface area contributed by atoms with E-state index >= 15 is 0 Å². The first-order chi connectivity index (χ1) is 12.0. The van der Waals surface area contributed by atoms with Crippen molar-refractivity contribution in [3.8, 4) is 11.4 Å². The predicted octanol–water partition coefficient (Wildman–Crippen LogP) is 3.57. The number of tetrazole rings is 1. The molecule has 0 aliphatic heterocycles. The van der Waals surface area contributed by atoms with Gasteiger partial charge in [-0.3, -0.25) is 4.79 Å². The molecule has 6 nitrogen and oxygen atoms in total. The van der Waals surface area contributed by atoms with E-state index in [1.807, 2.05) is 29.6 Å². The number of aromatic nitrogens is 4. The molecule has 2 heterocycles. The third-order valence-corrected chi connectivity index (χ3v) is 4.84. The highest BCUT2D eigenvalue weighted by Gasteiger charge is 2.20.